The lowest BCUT2D eigenvalue weighted by atomic mass is 10.0. The predicted octanol–water partition coefficient (Wildman–Crippen LogP) is 4.30. The van der Waals surface area contributed by atoms with Gasteiger partial charge in [-0.15, -0.1) is 0 Å². The van der Waals surface area contributed by atoms with E-state index in [1.54, 1.807) is 0 Å². The number of carboxylic acid groups (broad SMARTS) is 1. The minimum absolute atomic E-state index is 0.0316. The van der Waals surface area contributed by atoms with Crippen molar-refractivity contribution in [3.05, 3.63) is 52.7 Å². The van der Waals surface area contributed by atoms with Crippen molar-refractivity contribution in [2.75, 3.05) is 5.32 Å². The number of aromatic nitrogens is 1. The lowest BCUT2D eigenvalue weighted by Crippen LogP contribution is -2.01. The molecule has 20 heavy (non-hydrogen) atoms. The fourth-order valence-electron chi connectivity index (χ4n) is 1.79. The molecule has 0 aliphatic heterocycles. The number of hydrogen-bond acceptors (Lipinski definition) is 3. The van der Waals surface area contributed by atoms with Crippen molar-refractivity contribution in [3.63, 3.8) is 0 Å². The molecule has 0 bridgehead atoms. The minimum Gasteiger partial charge on any atom is -0.478 e. The van der Waals surface area contributed by atoms with Gasteiger partial charge in [-0.05, 0) is 29.7 Å². The topological polar surface area (TPSA) is 62.2 Å². The molecule has 0 amide bonds. The van der Waals surface area contributed by atoms with Crippen LogP contribution >= 0.6 is 11.6 Å². The molecule has 0 unspecified atom stereocenters. The standard InChI is InChI=1S/C15H15ClN2O2/c1-9(2)10-4-3-5-11(6-10)18-14-7-12(15(19)20)13(16)8-17-14/h3-9H,1-2H3,(H,17,18)(H,19,20). The summed E-state index contributed by atoms with van der Waals surface area (Å²) in [6, 6.07) is 9.34. The Morgan fingerprint density at radius 1 is 1.35 bits per heavy atom. The normalized spacial score (nSPS) is 10.6. The summed E-state index contributed by atoms with van der Waals surface area (Å²) in [5.74, 6) is -0.200. The van der Waals surface area contributed by atoms with Gasteiger partial charge in [0.1, 0.15) is 5.82 Å². The van der Waals surface area contributed by atoms with E-state index in [0.29, 0.717) is 11.7 Å². The number of nitrogens with zero attached hydrogens (tertiary/aromatic N) is 1. The first-order valence-electron chi connectivity index (χ1n) is 6.23. The summed E-state index contributed by atoms with van der Waals surface area (Å²) in [7, 11) is 0. The molecule has 2 rings (SSSR count). The van der Waals surface area contributed by atoms with E-state index in [4.69, 9.17) is 16.7 Å². The van der Waals surface area contributed by atoms with E-state index in [1.165, 1.54) is 17.8 Å². The van der Waals surface area contributed by atoms with E-state index in [0.717, 1.165) is 5.69 Å². The van der Waals surface area contributed by atoms with Gasteiger partial charge >= 0.3 is 5.97 Å². The predicted molar refractivity (Wildman–Crippen MR) is 80.0 cm³/mol. The summed E-state index contributed by atoms with van der Waals surface area (Å²) in [5, 5.41) is 12.2. The molecule has 4 nitrogen and oxygen atoms in total. The summed E-state index contributed by atoms with van der Waals surface area (Å²) in [6.07, 6.45) is 1.33. The molecule has 0 aliphatic rings. The number of anilines is 2. The molecule has 104 valence electrons. The summed E-state index contributed by atoms with van der Waals surface area (Å²) in [5.41, 5.74) is 2.09. The number of carbonyl (C=O) groups is 1. The highest BCUT2D eigenvalue weighted by atomic mass is 35.5. The third-order valence-corrected chi connectivity index (χ3v) is 3.21. The van der Waals surface area contributed by atoms with Gasteiger partial charge in [0.25, 0.3) is 0 Å². The smallest absolute Gasteiger partial charge is 0.337 e. The zero-order valence-corrected chi connectivity index (χ0v) is 12.0. The van der Waals surface area contributed by atoms with Crippen molar-refractivity contribution in [2.45, 2.75) is 19.8 Å². The van der Waals surface area contributed by atoms with Crippen molar-refractivity contribution < 1.29 is 9.90 Å². The lowest BCUT2D eigenvalue weighted by molar-refractivity contribution is 0.0697. The van der Waals surface area contributed by atoms with Gasteiger partial charge in [-0.25, -0.2) is 9.78 Å². The first kappa shape index (κ1) is 14.3. The molecule has 2 N–H and O–H groups in total. The molecule has 0 aliphatic carbocycles. The number of nitrogens with one attached hydrogen (secondary N) is 1. The Labute approximate surface area is 122 Å². The van der Waals surface area contributed by atoms with Crippen LogP contribution in [0, 0.1) is 0 Å². The number of carboxylic acids is 1. The highest BCUT2D eigenvalue weighted by molar-refractivity contribution is 6.33. The Balaban J connectivity index is 2.28. The Hall–Kier alpha value is -2.07. The minimum atomic E-state index is -1.07. The van der Waals surface area contributed by atoms with E-state index >= 15 is 0 Å². The third-order valence-electron chi connectivity index (χ3n) is 2.91. The lowest BCUT2D eigenvalue weighted by Gasteiger charge is -2.10. The maximum atomic E-state index is 11.0. The second-order valence-corrected chi connectivity index (χ2v) is 5.17. The number of hydrogen-bond donors (Lipinski definition) is 2. The molecule has 0 radical (unpaired) electrons. The Morgan fingerprint density at radius 3 is 2.75 bits per heavy atom. The highest BCUT2D eigenvalue weighted by Crippen LogP contribution is 2.23. The summed E-state index contributed by atoms with van der Waals surface area (Å²) in [6.45, 7) is 4.23. The van der Waals surface area contributed by atoms with Gasteiger partial charge in [0.2, 0.25) is 0 Å². The van der Waals surface area contributed by atoms with Gasteiger partial charge in [0.15, 0.2) is 0 Å². The van der Waals surface area contributed by atoms with Crippen LogP contribution in [-0.4, -0.2) is 16.1 Å². The van der Waals surface area contributed by atoms with Crippen LogP contribution in [-0.2, 0) is 0 Å². The van der Waals surface area contributed by atoms with Crippen LogP contribution in [0.25, 0.3) is 0 Å². The summed E-state index contributed by atoms with van der Waals surface area (Å²) in [4.78, 5) is 15.1. The molecular formula is C15H15ClN2O2. The van der Waals surface area contributed by atoms with E-state index in [9.17, 15) is 4.79 Å². The SMILES string of the molecule is CC(C)c1cccc(Nc2cc(C(=O)O)c(Cl)cn2)c1. The first-order valence-corrected chi connectivity index (χ1v) is 6.61. The number of pyridine rings is 1. The highest BCUT2D eigenvalue weighted by Gasteiger charge is 2.10. The zero-order valence-electron chi connectivity index (χ0n) is 11.2. The van der Waals surface area contributed by atoms with E-state index in [2.05, 4.69) is 24.1 Å². The molecule has 0 fully saturated rings. The molecule has 1 heterocycles. The quantitative estimate of drug-likeness (QED) is 0.881. The van der Waals surface area contributed by atoms with E-state index in [1.807, 2.05) is 24.3 Å². The molecule has 1 aromatic carbocycles. The summed E-state index contributed by atoms with van der Waals surface area (Å²) < 4.78 is 0. The van der Waals surface area contributed by atoms with Crippen LogP contribution in [0.4, 0.5) is 11.5 Å². The van der Waals surface area contributed by atoms with Crippen LogP contribution in [0.5, 0.6) is 0 Å². The monoisotopic (exact) mass is 290 g/mol. The summed E-state index contributed by atoms with van der Waals surface area (Å²) >= 11 is 5.79. The molecule has 0 spiro atoms. The fraction of sp³-hybridized carbons (Fsp3) is 0.200. The molecule has 5 heteroatoms. The molecule has 0 saturated carbocycles. The molecular weight excluding hydrogens is 276 g/mol. The van der Waals surface area contributed by atoms with Gasteiger partial charge in [-0.3, -0.25) is 0 Å². The second-order valence-electron chi connectivity index (χ2n) is 4.76. The number of benzene rings is 1. The maximum Gasteiger partial charge on any atom is 0.337 e. The van der Waals surface area contributed by atoms with E-state index in [-0.39, 0.29) is 10.6 Å². The van der Waals surface area contributed by atoms with E-state index < -0.39 is 5.97 Å². The fourth-order valence-corrected chi connectivity index (χ4v) is 1.98. The molecule has 0 saturated heterocycles. The van der Waals surface area contributed by atoms with Crippen molar-refractivity contribution in [2.24, 2.45) is 0 Å². The van der Waals surface area contributed by atoms with Gasteiger partial charge in [-0.1, -0.05) is 37.6 Å². The van der Waals surface area contributed by atoms with Crippen LogP contribution in [0.15, 0.2) is 36.5 Å². The largest absolute Gasteiger partial charge is 0.478 e. The van der Waals surface area contributed by atoms with Gasteiger partial charge in [0, 0.05) is 11.9 Å². The van der Waals surface area contributed by atoms with Crippen LogP contribution in [0.2, 0.25) is 5.02 Å². The first-order chi connectivity index (χ1) is 9.47. The number of aromatic carboxylic acids is 1. The van der Waals surface area contributed by atoms with Crippen molar-refractivity contribution in [1.29, 1.82) is 0 Å². The van der Waals surface area contributed by atoms with Crippen LogP contribution < -0.4 is 5.32 Å². The molecule has 0 atom stereocenters. The Bertz CT molecular complexity index is 642. The number of halogens is 1. The molecule has 2 aromatic rings. The third kappa shape index (κ3) is 3.27. The zero-order chi connectivity index (χ0) is 14.7. The Kier molecular flexibility index (Phi) is 4.25. The average molecular weight is 291 g/mol. The average Bonchev–Trinajstić information content (AvgIpc) is 2.41. The van der Waals surface area contributed by atoms with Crippen molar-refractivity contribution >= 4 is 29.1 Å². The van der Waals surface area contributed by atoms with Gasteiger partial charge < -0.3 is 10.4 Å². The van der Waals surface area contributed by atoms with Crippen molar-refractivity contribution in [3.8, 4) is 0 Å². The van der Waals surface area contributed by atoms with Crippen molar-refractivity contribution in [1.82, 2.24) is 4.98 Å². The van der Waals surface area contributed by atoms with Crippen LogP contribution in [0.1, 0.15) is 35.7 Å². The van der Waals surface area contributed by atoms with Crippen LogP contribution in [0.3, 0.4) is 0 Å². The van der Waals surface area contributed by atoms with Gasteiger partial charge in [-0.2, -0.15) is 0 Å². The molecule has 1 aromatic heterocycles. The maximum absolute atomic E-state index is 11.0. The van der Waals surface area contributed by atoms with Gasteiger partial charge in [0.05, 0.1) is 10.6 Å². The second kappa shape index (κ2) is 5.92. The Morgan fingerprint density at radius 2 is 2.10 bits per heavy atom. The number of rotatable bonds is 4.